The van der Waals surface area contributed by atoms with Crippen molar-refractivity contribution in [1.82, 2.24) is 0 Å². The summed E-state index contributed by atoms with van der Waals surface area (Å²) >= 11 is 3.51. The maximum atomic E-state index is 5.73. The van der Waals surface area contributed by atoms with Crippen LogP contribution in [0.15, 0.2) is 53.0 Å². The van der Waals surface area contributed by atoms with E-state index in [1.165, 1.54) is 5.56 Å². The first kappa shape index (κ1) is 13.9. The highest BCUT2D eigenvalue weighted by Gasteiger charge is 1.98. The van der Waals surface area contributed by atoms with Gasteiger partial charge in [-0.2, -0.15) is 0 Å². The lowest BCUT2D eigenvalue weighted by atomic mass is 10.2. The van der Waals surface area contributed by atoms with E-state index < -0.39 is 0 Å². The van der Waals surface area contributed by atoms with Crippen molar-refractivity contribution in [3.8, 4) is 5.75 Å². The van der Waals surface area contributed by atoms with Crippen LogP contribution in [0.1, 0.15) is 12.5 Å². The van der Waals surface area contributed by atoms with E-state index in [-0.39, 0.29) is 0 Å². The van der Waals surface area contributed by atoms with E-state index in [1.807, 2.05) is 36.4 Å². The van der Waals surface area contributed by atoms with Crippen LogP contribution in [0.5, 0.6) is 5.75 Å². The highest BCUT2D eigenvalue weighted by Crippen LogP contribution is 2.20. The maximum Gasteiger partial charge on any atom is 0.119 e. The number of aryl methyl sites for hydroxylation is 1. The molecule has 0 saturated carbocycles. The molecule has 0 aliphatic carbocycles. The standard InChI is InChI=1S/C16H18BrNO/c1-2-13-6-5-7-14(12-13)19-11-10-18-16-9-4-3-8-15(16)17/h3-9,12,18H,2,10-11H2,1H3. The Bertz CT molecular complexity index is 528. The Hall–Kier alpha value is -1.48. The van der Waals surface area contributed by atoms with Crippen LogP contribution in [0.25, 0.3) is 0 Å². The highest BCUT2D eigenvalue weighted by molar-refractivity contribution is 9.10. The van der Waals surface area contributed by atoms with Gasteiger partial charge >= 0.3 is 0 Å². The van der Waals surface area contributed by atoms with E-state index in [1.54, 1.807) is 0 Å². The third-order valence-electron chi connectivity index (χ3n) is 2.87. The summed E-state index contributed by atoms with van der Waals surface area (Å²) in [7, 11) is 0. The van der Waals surface area contributed by atoms with E-state index in [9.17, 15) is 0 Å². The van der Waals surface area contributed by atoms with Gasteiger partial charge in [-0.15, -0.1) is 0 Å². The smallest absolute Gasteiger partial charge is 0.119 e. The first-order valence-electron chi connectivity index (χ1n) is 6.49. The van der Waals surface area contributed by atoms with Gasteiger partial charge in [0.2, 0.25) is 0 Å². The van der Waals surface area contributed by atoms with Gasteiger partial charge in [0.15, 0.2) is 0 Å². The summed E-state index contributed by atoms with van der Waals surface area (Å²) in [5.41, 5.74) is 2.39. The Morgan fingerprint density at radius 2 is 1.95 bits per heavy atom. The van der Waals surface area contributed by atoms with Crippen molar-refractivity contribution in [2.75, 3.05) is 18.5 Å². The summed E-state index contributed by atoms with van der Waals surface area (Å²) in [6.07, 6.45) is 1.03. The van der Waals surface area contributed by atoms with E-state index in [2.05, 4.69) is 40.3 Å². The number of hydrogen-bond acceptors (Lipinski definition) is 2. The number of para-hydroxylation sites is 1. The van der Waals surface area contributed by atoms with Gasteiger partial charge in [-0.05, 0) is 52.2 Å². The zero-order valence-corrected chi connectivity index (χ0v) is 12.6. The number of nitrogens with one attached hydrogen (secondary N) is 1. The minimum Gasteiger partial charge on any atom is -0.492 e. The van der Waals surface area contributed by atoms with Crippen molar-refractivity contribution in [2.45, 2.75) is 13.3 Å². The van der Waals surface area contributed by atoms with Crippen LogP contribution in [-0.2, 0) is 6.42 Å². The fourth-order valence-electron chi connectivity index (χ4n) is 1.81. The topological polar surface area (TPSA) is 21.3 Å². The Balaban J connectivity index is 1.79. The second kappa shape index (κ2) is 7.19. The van der Waals surface area contributed by atoms with Crippen LogP contribution < -0.4 is 10.1 Å². The summed E-state index contributed by atoms with van der Waals surface area (Å²) < 4.78 is 6.80. The van der Waals surface area contributed by atoms with Gasteiger partial charge < -0.3 is 10.1 Å². The van der Waals surface area contributed by atoms with Crippen LogP contribution in [0.2, 0.25) is 0 Å². The van der Waals surface area contributed by atoms with Gasteiger partial charge in [-0.3, -0.25) is 0 Å². The molecule has 0 fully saturated rings. The van der Waals surface area contributed by atoms with Gasteiger partial charge in [-0.25, -0.2) is 0 Å². The van der Waals surface area contributed by atoms with Crippen LogP contribution in [-0.4, -0.2) is 13.2 Å². The van der Waals surface area contributed by atoms with E-state index in [0.29, 0.717) is 6.61 Å². The Labute approximate surface area is 122 Å². The normalized spacial score (nSPS) is 10.2. The minimum absolute atomic E-state index is 0.647. The summed E-state index contributed by atoms with van der Waals surface area (Å²) in [6.45, 7) is 3.57. The minimum atomic E-state index is 0.647. The molecule has 100 valence electrons. The summed E-state index contributed by atoms with van der Waals surface area (Å²) in [5, 5.41) is 3.34. The molecule has 1 N–H and O–H groups in total. The molecule has 0 spiro atoms. The first-order chi connectivity index (χ1) is 9.29. The highest BCUT2D eigenvalue weighted by atomic mass is 79.9. The van der Waals surface area contributed by atoms with Gasteiger partial charge in [0.1, 0.15) is 12.4 Å². The van der Waals surface area contributed by atoms with Gasteiger partial charge in [0.25, 0.3) is 0 Å². The molecule has 0 bridgehead atoms. The molecule has 3 heteroatoms. The zero-order chi connectivity index (χ0) is 13.5. The van der Waals surface area contributed by atoms with Gasteiger partial charge in [-0.1, -0.05) is 31.2 Å². The molecule has 0 saturated heterocycles. The average molecular weight is 320 g/mol. The van der Waals surface area contributed by atoms with E-state index in [4.69, 9.17) is 4.74 Å². The summed E-state index contributed by atoms with van der Waals surface area (Å²) in [6, 6.07) is 16.3. The molecule has 0 aromatic heterocycles. The van der Waals surface area contributed by atoms with E-state index >= 15 is 0 Å². The lowest BCUT2D eigenvalue weighted by molar-refractivity contribution is 0.332. The Morgan fingerprint density at radius 1 is 1.11 bits per heavy atom. The molecule has 2 aromatic carbocycles. The second-order valence-electron chi connectivity index (χ2n) is 4.26. The third-order valence-corrected chi connectivity index (χ3v) is 3.56. The van der Waals surface area contributed by atoms with Crippen molar-refractivity contribution in [2.24, 2.45) is 0 Å². The molecule has 0 amide bonds. The predicted octanol–water partition coefficient (Wildman–Crippen LogP) is 4.50. The molecule has 2 aromatic rings. The molecule has 2 nitrogen and oxygen atoms in total. The maximum absolute atomic E-state index is 5.73. The fourth-order valence-corrected chi connectivity index (χ4v) is 2.24. The fraction of sp³-hybridized carbons (Fsp3) is 0.250. The SMILES string of the molecule is CCc1cccc(OCCNc2ccccc2Br)c1. The van der Waals surface area contributed by atoms with Crippen molar-refractivity contribution in [3.05, 3.63) is 58.6 Å². The predicted molar refractivity (Wildman–Crippen MR) is 83.9 cm³/mol. The average Bonchev–Trinajstić information content (AvgIpc) is 2.45. The molecule has 0 unspecified atom stereocenters. The van der Waals surface area contributed by atoms with Crippen molar-refractivity contribution < 1.29 is 4.74 Å². The molecule has 0 atom stereocenters. The molecule has 0 aliphatic rings. The number of anilines is 1. The van der Waals surface area contributed by atoms with Crippen molar-refractivity contribution in [3.63, 3.8) is 0 Å². The monoisotopic (exact) mass is 319 g/mol. The third kappa shape index (κ3) is 4.28. The first-order valence-corrected chi connectivity index (χ1v) is 7.29. The lowest BCUT2D eigenvalue weighted by Gasteiger charge is -2.10. The lowest BCUT2D eigenvalue weighted by Crippen LogP contribution is -2.11. The molecule has 19 heavy (non-hydrogen) atoms. The number of ether oxygens (including phenoxy) is 1. The van der Waals surface area contributed by atoms with Crippen LogP contribution in [0, 0.1) is 0 Å². The van der Waals surface area contributed by atoms with Gasteiger partial charge in [0, 0.05) is 16.7 Å². The Kier molecular flexibility index (Phi) is 5.28. The van der Waals surface area contributed by atoms with E-state index in [0.717, 1.165) is 28.9 Å². The number of rotatable bonds is 6. The van der Waals surface area contributed by atoms with Crippen LogP contribution >= 0.6 is 15.9 Å². The Morgan fingerprint density at radius 3 is 2.74 bits per heavy atom. The molecule has 0 heterocycles. The number of halogens is 1. The zero-order valence-electron chi connectivity index (χ0n) is 11.0. The number of hydrogen-bond donors (Lipinski definition) is 1. The second-order valence-corrected chi connectivity index (χ2v) is 5.11. The van der Waals surface area contributed by atoms with Crippen LogP contribution in [0.3, 0.4) is 0 Å². The van der Waals surface area contributed by atoms with Gasteiger partial charge in [0.05, 0.1) is 0 Å². The molecule has 2 rings (SSSR count). The summed E-state index contributed by atoms with van der Waals surface area (Å²) in [4.78, 5) is 0. The molecular weight excluding hydrogens is 302 g/mol. The molecule has 0 aliphatic heterocycles. The van der Waals surface area contributed by atoms with Crippen molar-refractivity contribution in [1.29, 1.82) is 0 Å². The molecular formula is C16H18BrNO. The quantitative estimate of drug-likeness (QED) is 0.791. The summed E-state index contributed by atoms with van der Waals surface area (Å²) in [5.74, 6) is 0.938. The molecule has 0 radical (unpaired) electrons. The largest absolute Gasteiger partial charge is 0.492 e. The van der Waals surface area contributed by atoms with Crippen LogP contribution in [0.4, 0.5) is 5.69 Å². The number of benzene rings is 2. The van der Waals surface area contributed by atoms with Crippen molar-refractivity contribution >= 4 is 21.6 Å².